The van der Waals surface area contributed by atoms with E-state index in [1.54, 1.807) is 12.3 Å². The van der Waals surface area contributed by atoms with E-state index in [0.717, 1.165) is 54.1 Å². The molecule has 1 amide bonds. The van der Waals surface area contributed by atoms with Crippen LogP contribution in [0.15, 0.2) is 72.9 Å². The number of benzene rings is 3. The molecule has 3 aromatic carbocycles. The van der Waals surface area contributed by atoms with Gasteiger partial charge in [-0.3, -0.25) is 9.78 Å². The van der Waals surface area contributed by atoms with Gasteiger partial charge >= 0.3 is 0 Å². The van der Waals surface area contributed by atoms with Crippen LogP contribution in [0.4, 0.5) is 10.2 Å². The Morgan fingerprint density at radius 1 is 1.00 bits per heavy atom. The minimum atomic E-state index is -0.315. The third kappa shape index (κ3) is 3.59. The zero-order chi connectivity index (χ0) is 23.2. The summed E-state index contributed by atoms with van der Waals surface area (Å²) in [6, 6.07) is 20.8. The number of carbonyl (C=O) groups excluding carboxylic acids is 1. The fourth-order valence-corrected chi connectivity index (χ4v) is 5.22. The molecular weight excluding hydrogens is 427 g/mol. The van der Waals surface area contributed by atoms with Crippen LogP contribution in [0, 0.1) is 18.7 Å². The van der Waals surface area contributed by atoms with Gasteiger partial charge in [-0.15, -0.1) is 0 Å². The Labute approximate surface area is 197 Å². The molecule has 0 unspecified atom stereocenters. The van der Waals surface area contributed by atoms with Gasteiger partial charge in [0.25, 0.3) is 5.91 Å². The number of aryl methyl sites for hydroxylation is 1. The lowest BCUT2D eigenvalue weighted by Crippen LogP contribution is -2.65. The normalized spacial score (nSPS) is 19.6. The summed E-state index contributed by atoms with van der Waals surface area (Å²) in [5.74, 6) is 1.06. The minimum absolute atomic E-state index is 0.0886. The molecular formula is C28H25FN4O. The summed E-state index contributed by atoms with van der Waals surface area (Å²) < 4.78 is 13.5. The van der Waals surface area contributed by atoms with E-state index in [1.165, 1.54) is 12.1 Å². The molecule has 0 bridgehead atoms. The molecule has 2 atom stereocenters. The number of hydrogen-bond acceptors (Lipinski definition) is 4. The van der Waals surface area contributed by atoms with Crippen molar-refractivity contribution in [3.63, 3.8) is 0 Å². The summed E-state index contributed by atoms with van der Waals surface area (Å²) >= 11 is 0. The Balaban J connectivity index is 1.26. The zero-order valence-electron chi connectivity index (χ0n) is 19.0. The van der Waals surface area contributed by atoms with Crippen molar-refractivity contribution < 1.29 is 9.18 Å². The molecule has 0 saturated carbocycles. The second-order valence-electron chi connectivity index (χ2n) is 9.30. The maximum absolute atomic E-state index is 13.7. The van der Waals surface area contributed by atoms with Crippen LogP contribution in [0.25, 0.3) is 22.2 Å². The van der Waals surface area contributed by atoms with Gasteiger partial charge in [0.15, 0.2) is 0 Å². The molecule has 2 aliphatic heterocycles. The molecule has 34 heavy (non-hydrogen) atoms. The highest BCUT2D eigenvalue weighted by Gasteiger charge is 2.45. The lowest BCUT2D eigenvalue weighted by atomic mass is 9.81. The summed E-state index contributed by atoms with van der Waals surface area (Å²) in [4.78, 5) is 27.1. The van der Waals surface area contributed by atoms with Crippen molar-refractivity contribution in [1.82, 2.24) is 14.9 Å². The fourth-order valence-electron chi connectivity index (χ4n) is 5.22. The first-order chi connectivity index (χ1) is 16.6. The smallest absolute Gasteiger partial charge is 0.254 e. The summed E-state index contributed by atoms with van der Waals surface area (Å²) in [5, 5.41) is 0. The van der Waals surface area contributed by atoms with Gasteiger partial charge in [-0.2, -0.15) is 0 Å². The molecule has 2 saturated heterocycles. The number of piperidine rings is 1. The summed E-state index contributed by atoms with van der Waals surface area (Å²) in [6.07, 6.45) is 2.72. The molecule has 0 spiro atoms. The third-order valence-corrected chi connectivity index (χ3v) is 7.12. The van der Waals surface area contributed by atoms with Crippen LogP contribution in [-0.4, -0.2) is 46.5 Å². The molecule has 0 radical (unpaired) electrons. The van der Waals surface area contributed by atoms with Gasteiger partial charge < -0.3 is 9.80 Å². The Hall–Kier alpha value is -3.80. The van der Waals surface area contributed by atoms with Crippen molar-refractivity contribution in [2.24, 2.45) is 5.92 Å². The molecule has 4 aromatic rings. The van der Waals surface area contributed by atoms with Crippen molar-refractivity contribution in [2.45, 2.75) is 19.4 Å². The standard InChI is InChI=1S/C28H25FN4O/c1-18-7-9-22(19-5-3-2-4-6-19)23(13-18)28(34)33-16-20-11-12-32(17-26(20)33)27-15-30-25-14-21(29)8-10-24(25)31-27/h2-10,13-15,20,26H,11-12,16-17H2,1H3/t20-,26-/m1/s1. The van der Waals surface area contributed by atoms with Crippen LogP contribution in [0.1, 0.15) is 22.3 Å². The van der Waals surface area contributed by atoms with E-state index in [9.17, 15) is 9.18 Å². The number of hydrogen-bond donors (Lipinski definition) is 0. The first kappa shape index (κ1) is 20.8. The van der Waals surface area contributed by atoms with Gasteiger partial charge in [-0.25, -0.2) is 9.37 Å². The van der Waals surface area contributed by atoms with Crippen molar-refractivity contribution in [3.8, 4) is 11.1 Å². The van der Waals surface area contributed by atoms with Crippen molar-refractivity contribution in [3.05, 3.63) is 89.9 Å². The van der Waals surface area contributed by atoms with Gasteiger partial charge in [0, 0.05) is 37.2 Å². The van der Waals surface area contributed by atoms with E-state index in [1.807, 2.05) is 48.2 Å². The van der Waals surface area contributed by atoms with E-state index >= 15 is 0 Å². The van der Waals surface area contributed by atoms with Crippen LogP contribution >= 0.6 is 0 Å². The van der Waals surface area contributed by atoms with Crippen molar-refractivity contribution >= 4 is 22.8 Å². The average molecular weight is 453 g/mol. The molecule has 0 N–H and O–H groups in total. The van der Waals surface area contributed by atoms with Gasteiger partial charge in [0.2, 0.25) is 0 Å². The van der Waals surface area contributed by atoms with E-state index in [4.69, 9.17) is 4.98 Å². The van der Waals surface area contributed by atoms with Crippen LogP contribution < -0.4 is 4.90 Å². The monoisotopic (exact) mass is 452 g/mol. The lowest BCUT2D eigenvalue weighted by Gasteiger charge is -2.53. The van der Waals surface area contributed by atoms with Crippen LogP contribution in [-0.2, 0) is 0 Å². The Morgan fingerprint density at radius 3 is 2.71 bits per heavy atom. The second-order valence-corrected chi connectivity index (χ2v) is 9.30. The SMILES string of the molecule is Cc1ccc(-c2ccccc2)c(C(=O)N2C[C@H]3CCN(c4cnc5cc(F)ccc5n4)C[C@H]32)c1. The number of anilines is 1. The number of rotatable bonds is 3. The van der Waals surface area contributed by atoms with Crippen LogP contribution in [0.2, 0.25) is 0 Å². The molecule has 6 rings (SSSR count). The number of nitrogens with zero attached hydrogens (tertiary/aromatic N) is 4. The van der Waals surface area contributed by atoms with Gasteiger partial charge in [0.05, 0.1) is 23.3 Å². The second kappa shape index (κ2) is 8.20. The highest BCUT2D eigenvalue weighted by molar-refractivity contribution is 6.01. The van der Waals surface area contributed by atoms with Crippen LogP contribution in [0.5, 0.6) is 0 Å². The summed E-state index contributed by atoms with van der Waals surface area (Å²) in [6.45, 7) is 4.42. The van der Waals surface area contributed by atoms with Gasteiger partial charge in [0.1, 0.15) is 11.6 Å². The minimum Gasteiger partial charge on any atom is -0.353 e. The van der Waals surface area contributed by atoms with Crippen molar-refractivity contribution in [2.75, 3.05) is 24.5 Å². The number of aromatic nitrogens is 2. The first-order valence-corrected chi connectivity index (χ1v) is 11.7. The number of halogens is 1. The predicted molar refractivity (Wildman–Crippen MR) is 131 cm³/mol. The third-order valence-electron chi connectivity index (χ3n) is 7.12. The van der Waals surface area contributed by atoms with E-state index in [2.05, 4.69) is 22.0 Å². The van der Waals surface area contributed by atoms with E-state index < -0.39 is 0 Å². The Kier molecular flexibility index (Phi) is 5.01. The highest BCUT2D eigenvalue weighted by Crippen LogP contribution is 2.37. The maximum atomic E-state index is 13.7. The Bertz CT molecular complexity index is 1390. The van der Waals surface area contributed by atoms with E-state index in [0.29, 0.717) is 17.0 Å². The van der Waals surface area contributed by atoms with Crippen molar-refractivity contribution in [1.29, 1.82) is 0 Å². The molecule has 170 valence electrons. The average Bonchev–Trinajstić information content (AvgIpc) is 2.85. The van der Waals surface area contributed by atoms with Gasteiger partial charge in [-0.05, 0) is 42.7 Å². The number of amides is 1. The topological polar surface area (TPSA) is 49.3 Å². The quantitative estimate of drug-likeness (QED) is 0.434. The molecule has 6 heteroatoms. The van der Waals surface area contributed by atoms with Gasteiger partial charge in [-0.1, -0.05) is 48.0 Å². The molecule has 5 nitrogen and oxygen atoms in total. The molecule has 0 aliphatic carbocycles. The summed E-state index contributed by atoms with van der Waals surface area (Å²) in [7, 11) is 0. The maximum Gasteiger partial charge on any atom is 0.254 e. The zero-order valence-corrected chi connectivity index (χ0v) is 19.0. The fraction of sp³-hybridized carbons (Fsp3) is 0.250. The molecule has 3 heterocycles. The largest absolute Gasteiger partial charge is 0.353 e. The number of likely N-dealkylation sites (tertiary alicyclic amines) is 1. The first-order valence-electron chi connectivity index (χ1n) is 11.7. The molecule has 2 fully saturated rings. The van der Waals surface area contributed by atoms with Crippen LogP contribution in [0.3, 0.4) is 0 Å². The predicted octanol–water partition coefficient (Wildman–Crippen LogP) is 5.10. The molecule has 2 aliphatic rings. The number of carbonyl (C=O) groups is 1. The van der Waals surface area contributed by atoms with E-state index in [-0.39, 0.29) is 17.8 Å². The lowest BCUT2D eigenvalue weighted by molar-refractivity contribution is 0.00786. The Morgan fingerprint density at radius 2 is 1.85 bits per heavy atom. The molecule has 1 aromatic heterocycles. The summed E-state index contributed by atoms with van der Waals surface area (Å²) in [5.41, 5.74) is 5.08. The number of fused-ring (bicyclic) bond motifs is 2. The highest BCUT2D eigenvalue weighted by atomic mass is 19.1.